The molecule has 2 unspecified atom stereocenters. The van der Waals surface area contributed by atoms with Crippen molar-refractivity contribution in [3.8, 4) is 5.75 Å². The number of aromatic nitrogens is 1. The average Bonchev–Trinajstić information content (AvgIpc) is 3.29. The van der Waals surface area contributed by atoms with Crippen LogP contribution >= 0.6 is 0 Å². The molecule has 0 aliphatic carbocycles. The van der Waals surface area contributed by atoms with Gasteiger partial charge in [0.25, 0.3) is 12.3 Å². The molecule has 11 heteroatoms. The first kappa shape index (κ1) is 25.0. The van der Waals surface area contributed by atoms with Gasteiger partial charge < -0.3 is 20.1 Å². The number of nitrogens with one attached hydrogen (secondary N) is 2. The highest BCUT2D eigenvalue weighted by molar-refractivity contribution is 5.96. The Bertz CT molecular complexity index is 1260. The monoisotopic (exact) mass is 517 g/mol. The maximum atomic E-state index is 14.6. The van der Waals surface area contributed by atoms with Crippen LogP contribution in [0, 0.1) is 5.82 Å². The van der Waals surface area contributed by atoms with Crippen molar-refractivity contribution in [2.45, 2.75) is 44.2 Å². The van der Waals surface area contributed by atoms with E-state index in [1.807, 2.05) is 0 Å². The van der Waals surface area contributed by atoms with Crippen LogP contribution in [-0.4, -0.2) is 30.2 Å². The van der Waals surface area contributed by atoms with Crippen molar-refractivity contribution in [1.29, 1.82) is 0 Å². The Labute approximate surface area is 209 Å². The summed E-state index contributed by atoms with van der Waals surface area (Å²) in [6.07, 6.45) is -1.63. The maximum Gasteiger partial charge on any atom is 0.416 e. The fourth-order valence-electron chi connectivity index (χ4n) is 4.18. The fraction of sp³-hybridized carbons (Fsp3) is 0.308. The second kappa shape index (κ2) is 10.3. The van der Waals surface area contributed by atoms with E-state index in [9.17, 15) is 22.4 Å². The zero-order valence-corrected chi connectivity index (χ0v) is 19.4. The molecule has 0 saturated carbocycles. The molecular formula is C26H23F4N3O4. The molecule has 3 aromatic rings. The molecule has 0 radical (unpaired) electrons. The van der Waals surface area contributed by atoms with Gasteiger partial charge >= 0.3 is 6.18 Å². The zero-order chi connectivity index (χ0) is 26.0. The minimum Gasteiger partial charge on any atom is -0.444 e. The molecule has 7 nitrogen and oxygen atoms in total. The van der Waals surface area contributed by atoms with Crippen LogP contribution in [0.1, 0.15) is 52.5 Å². The van der Waals surface area contributed by atoms with E-state index in [1.165, 1.54) is 36.5 Å². The van der Waals surface area contributed by atoms with E-state index in [-0.39, 0.29) is 23.1 Å². The van der Waals surface area contributed by atoms with E-state index < -0.39 is 35.9 Å². The number of rotatable bonds is 6. The molecule has 1 aromatic heterocycles. The number of halogens is 4. The standard InChI is InChI=1S/C26H23F4N3O4/c27-18-4-3-12-31-23(18)22(15-6-9-17(10-7-15)26(28,29)30)33-24(34)16-8-11-20-19(14-16)32-25(36-20)37-21-5-1-2-13-35-21/h3-4,6-12,14,21-22,25,32H,1-2,5,13H2,(H,33,34)/t21?,22?,25-/m0/s1. The molecule has 1 saturated heterocycles. The number of fused-ring (bicyclic) bond motifs is 1. The summed E-state index contributed by atoms with van der Waals surface area (Å²) in [5.74, 6) is -0.811. The number of pyridine rings is 1. The summed E-state index contributed by atoms with van der Waals surface area (Å²) < 4.78 is 70.8. The molecule has 2 N–H and O–H groups in total. The molecule has 194 valence electrons. The van der Waals surface area contributed by atoms with E-state index in [2.05, 4.69) is 15.6 Å². The summed E-state index contributed by atoms with van der Waals surface area (Å²) in [6.45, 7) is 0.617. The molecule has 0 bridgehead atoms. The summed E-state index contributed by atoms with van der Waals surface area (Å²) in [5.41, 5.74) is -0.00849. The quantitative estimate of drug-likeness (QED) is 0.427. The van der Waals surface area contributed by atoms with Crippen LogP contribution in [0.4, 0.5) is 23.2 Å². The summed E-state index contributed by atoms with van der Waals surface area (Å²) in [7, 11) is 0. The van der Waals surface area contributed by atoms with Crippen LogP contribution in [-0.2, 0) is 15.7 Å². The number of nitrogens with zero attached hydrogens (tertiary/aromatic N) is 1. The zero-order valence-electron chi connectivity index (χ0n) is 19.4. The van der Waals surface area contributed by atoms with E-state index in [4.69, 9.17) is 14.2 Å². The minimum atomic E-state index is -4.53. The lowest BCUT2D eigenvalue weighted by molar-refractivity contribution is -0.219. The minimum absolute atomic E-state index is 0.126. The van der Waals surface area contributed by atoms with Crippen LogP contribution < -0.4 is 15.4 Å². The molecule has 0 spiro atoms. The largest absolute Gasteiger partial charge is 0.444 e. The van der Waals surface area contributed by atoms with Crippen molar-refractivity contribution in [2.75, 3.05) is 11.9 Å². The van der Waals surface area contributed by atoms with Gasteiger partial charge in [-0.3, -0.25) is 14.5 Å². The van der Waals surface area contributed by atoms with E-state index in [0.717, 1.165) is 31.4 Å². The Morgan fingerprint density at radius 3 is 2.65 bits per heavy atom. The van der Waals surface area contributed by atoms with Gasteiger partial charge in [-0.05, 0) is 67.3 Å². The van der Waals surface area contributed by atoms with Crippen molar-refractivity contribution in [2.24, 2.45) is 0 Å². The molecule has 3 atom stereocenters. The third-order valence-corrected chi connectivity index (χ3v) is 6.07. The molecule has 1 fully saturated rings. The normalized spacial score (nSPS) is 19.9. The lowest BCUT2D eigenvalue weighted by Gasteiger charge is -2.25. The van der Waals surface area contributed by atoms with Crippen molar-refractivity contribution < 1.29 is 36.6 Å². The number of alkyl halides is 3. The second-order valence-electron chi connectivity index (χ2n) is 8.63. The number of benzene rings is 2. The number of hydrogen-bond donors (Lipinski definition) is 2. The lowest BCUT2D eigenvalue weighted by atomic mass is 10.00. The SMILES string of the molecule is O=C(NC(c1ccc(C(F)(F)F)cc1)c1ncccc1F)c1ccc2c(c1)N[C@H](OC1CCCCO1)O2. The van der Waals surface area contributed by atoms with Crippen molar-refractivity contribution in [3.05, 3.63) is 89.0 Å². The van der Waals surface area contributed by atoms with E-state index >= 15 is 0 Å². The first-order valence-electron chi connectivity index (χ1n) is 11.7. The molecule has 37 heavy (non-hydrogen) atoms. The molecule has 2 aliphatic rings. The number of carbonyl (C=O) groups excluding carboxylic acids is 1. The molecule has 1 amide bonds. The summed E-state index contributed by atoms with van der Waals surface area (Å²) in [4.78, 5) is 17.2. The highest BCUT2D eigenvalue weighted by atomic mass is 19.4. The molecule has 5 rings (SSSR count). The van der Waals surface area contributed by atoms with Crippen LogP contribution in [0.3, 0.4) is 0 Å². The van der Waals surface area contributed by atoms with Gasteiger partial charge in [-0.25, -0.2) is 4.39 Å². The predicted molar refractivity (Wildman–Crippen MR) is 124 cm³/mol. The number of anilines is 1. The third kappa shape index (κ3) is 5.67. The summed E-state index contributed by atoms with van der Waals surface area (Å²) >= 11 is 0. The lowest BCUT2D eigenvalue weighted by Crippen LogP contribution is -2.33. The number of ether oxygens (including phenoxy) is 3. The van der Waals surface area contributed by atoms with Gasteiger partial charge in [0.05, 0.1) is 17.3 Å². The van der Waals surface area contributed by atoms with Gasteiger partial charge in [0.15, 0.2) is 6.29 Å². The van der Waals surface area contributed by atoms with Crippen molar-refractivity contribution in [1.82, 2.24) is 10.3 Å². The van der Waals surface area contributed by atoms with Crippen molar-refractivity contribution >= 4 is 11.6 Å². The van der Waals surface area contributed by atoms with Crippen LogP contribution in [0.2, 0.25) is 0 Å². The Kier molecular flexibility index (Phi) is 6.98. The van der Waals surface area contributed by atoms with Gasteiger partial charge in [0.1, 0.15) is 17.3 Å². The van der Waals surface area contributed by atoms with E-state index in [1.54, 1.807) is 12.1 Å². The van der Waals surface area contributed by atoms with Gasteiger partial charge in [0, 0.05) is 18.4 Å². The number of amides is 1. The Morgan fingerprint density at radius 2 is 1.95 bits per heavy atom. The van der Waals surface area contributed by atoms with Crippen LogP contribution in [0.15, 0.2) is 60.8 Å². The maximum absolute atomic E-state index is 14.6. The van der Waals surface area contributed by atoms with Crippen molar-refractivity contribution in [3.63, 3.8) is 0 Å². The topological polar surface area (TPSA) is 81.7 Å². The first-order valence-corrected chi connectivity index (χ1v) is 11.7. The molecule has 3 heterocycles. The second-order valence-corrected chi connectivity index (χ2v) is 8.63. The highest BCUT2D eigenvalue weighted by Crippen LogP contribution is 2.35. The van der Waals surface area contributed by atoms with Gasteiger partial charge in [0.2, 0.25) is 0 Å². The van der Waals surface area contributed by atoms with Crippen LogP contribution in [0.25, 0.3) is 0 Å². The smallest absolute Gasteiger partial charge is 0.416 e. The first-order chi connectivity index (χ1) is 17.8. The summed E-state index contributed by atoms with van der Waals surface area (Å²) in [6, 6.07) is 10.2. The Hall–Kier alpha value is -3.70. The molecule has 2 aromatic carbocycles. The summed E-state index contributed by atoms with van der Waals surface area (Å²) in [5, 5.41) is 5.73. The molecule has 2 aliphatic heterocycles. The van der Waals surface area contributed by atoms with Gasteiger partial charge in [-0.2, -0.15) is 13.2 Å². The number of carbonyl (C=O) groups is 1. The molecular weight excluding hydrogens is 494 g/mol. The van der Waals surface area contributed by atoms with Gasteiger partial charge in [-0.1, -0.05) is 12.1 Å². The predicted octanol–water partition coefficient (Wildman–Crippen LogP) is 5.39. The Morgan fingerprint density at radius 1 is 1.14 bits per heavy atom. The third-order valence-electron chi connectivity index (χ3n) is 6.07. The number of hydrogen-bond acceptors (Lipinski definition) is 6. The Balaban J connectivity index is 1.35. The van der Waals surface area contributed by atoms with Gasteiger partial charge in [-0.15, -0.1) is 0 Å². The van der Waals surface area contributed by atoms with E-state index in [0.29, 0.717) is 18.0 Å². The van der Waals surface area contributed by atoms with Crippen LogP contribution in [0.5, 0.6) is 5.75 Å². The fourth-order valence-corrected chi connectivity index (χ4v) is 4.18. The average molecular weight is 517 g/mol. The highest BCUT2D eigenvalue weighted by Gasteiger charge is 2.32.